The highest BCUT2D eigenvalue weighted by molar-refractivity contribution is 6.71. The van der Waals surface area contributed by atoms with Crippen LogP contribution in [0.4, 0.5) is 0 Å². The standard InChI is InChI=1S/C37H72O5Si3/c1-14-43(8,9)40-28-21-22-36(5)27(23-28)24-32(41-44(10,11)15-2)35-30-19-18-29(26(4)17-20-34(38)39-7)37(30,6)33(25-31(35)36)42-45(12,13)16-3/h26-33,35H,14-25H2,1-13H3/t26-,27+,28-,29-,30+,31+,32+,33-,35+,36+,37-/m1/s1. The number of fused-ring (bicyclic) bond motifs is 5. The quantitative estimate of drug-likeness (QED) is 0.143. The Morgan fingerprint density at radius 2 is 1.40 bits per heavy atom. The van der Waals surface area contributed by atoms with Crippen LogP contribution in [0.3, 0.4) is 0 Å². The molecule has 4 rings (SSSR count). The lowest BCUT2D eigenvalue weighted by Crippen LogP contribution is -2.65. The van der Waals surface area contributed by atoms with Crippen molar-refractivity contribution in [3.05, 3.63) is 0 Å². The van der Waals surface area contributed by atoms with Crippen LogP contribution in [0.5, 0.6) is 0 Å². The van der Waals surface area contributed by atoms with Crippen molar-refractivity contribution in [2.24, 2.45) is 46.3 Å². The van der Waals surface area contributed by atoms with Gasteiger partial charge in [-0.05, 0) is 155 Å². The molecule has 0 N–H and O–H groups in total. The van der Waals surface area contributed by atoms with Crippen LogP contribution in [0, 0.1) is 46.3 Å². The zero-order valence-electron chi connectivity index (χ0n) is 31.7. The molecular weight excluding hydrogens is 609 g/mol. The summed E-state index contributed by atoms with van der Waals surface area (Å²) in [5.41, 5.74) is 0.422. The van der Waals surface area contributed by atoms with Gasteiger partial charge in [0, 0.05) is 18.6 Å². The van der Waals surface area contributed by atoms with Gasteiger partial charge in [0.1, 0.15) is 0 Å². The minimum Gasteiger partial charge on any atom is -0.469 e. The van der Waals surface area contributed by atoms with E-state index < -0.39 is 25.0 Å². The molecule has 262 valence electrons. The van der Waals surface area contributed by atoms with Crippen molar-refractivity contribution in [2.45, 2.75) is 175 Å². The third kappa shape index (κ3) is 7.76. The Bertz CT molecular complexity index is 1020. The third-order valence-electron chi connectivity index (χ3n) is 14.4. The Labute approximate surface area is 281 Å². The zero-order valence-corrected chi connectivity index (χ0v) is 34.7. The Hall–Kier alpha value is 0.000649. The van der Waals surface area contributed by atoms with Crippen molar-refractivity contribution >= 4 is 30.9 Å². The molecule has 0 unspecified atom stereocenters. The highest BCUT2D eigenvalue weighted by Crippen LogP contribution is 2.70. The molecule has 4 saturated carbocycles. The second-order valence-corrected chi connectivity index (χ2v) is 31.6. The molecule has 8 heteroatoms. The van der Waals surface area contributed by atoms with Crippen LogP contribution in [0.2, 0.25) is 57.4 Å². The fourth-order valence-electron chi connectivity index (χ4n) is 10.6. The van der Waals surface area contributed by atoms with Gasteiger partial charge >= 0.3 is 5.97 Å². The van der Waals surface area contributed by atoms with Gasteiger partial charge in [0.25, 0.3) is 0 Å². The van der Waals surface area contributed by atoms with E-state index in [0.29, 0.717) is 59.6 Å². The van der Waals surface area contributed by atoms with Gasteiger partial charge < -0.3 is 18.0 Å². The molecule has 0 heterocycles. The first-order valence-corrected chi connectivity index (χ1v) is 28.3. The van der Waals surface area contributed by atoms with Crippen molar-refractivity contribution in [3.63, 3.8) is 0 Å². The first kappa shape index (κ1) is 37.8. The van der Waals surface area contributed by atoms with E-state index in [1.807, 2.05) is 0 Å². The van der Waals surface area contributed by atoms with Gasteiger partial charge in [0.05, 0.1) is 13.2 Å². The number of hydrogen-bond acceptors (Lipinski definition) is 5. The first-order chi connectivity index (χ1) is 20.9. The van der Waals surface area contributed by atoms with Gasteiger partial charge in [0.2, 0.25) is 0 Å². The Morgan fingerprint density at radius 3 is 2.00 bits per heavy atom. The Kier molecular flexibility index (Phi) is 11.8. The van der Waals surface area contributed by atoms with E-state index in [1.54, 1.807) is 0 Å². The topological polar surface area (TPSA) is 54.0 Å². The summed E-state index contributed by atoms with van der Waals surface area (Å²) in [6.07, 6.45) is 11.1. The molecule has 0 aromatic heterocycles. The van der Waals surface area contributed by atoms with Crippen molar-refractivity contribution in [1.82, 2.24) is 0 Å². The maximum atomic E-state index is 12.2. The normalized spacial score (nSPS) is 39.5. The second-order valence-electron chi connectivity index (χ2n) is 18.2. The summed E-state index contributed by atoms with van der Waals surface area (Å²) in [4.78, 5) is 12.2. The highest BCUT2D eigenvalue weighted by atomic mass is 28.4. The molecule has 4 aliphatic rings. The van der Waals surface area contributed by atoms with Crippen molar-refractivity contribution in [3.8, 4) is 0 Å². The molecule has 0 bridgehead atoms. The van der Waals surface area contributed by atoms with Gasteiger partial charge in [-0.3, -0.25) is 4.79 Å². The number of esters is 1. The van der Waals surface area contributed by atoms with E-state index >= 15 is 0 Å². The molecule has 45 heavy (non-hydrogen) atoms. The van der Waals surface area contributed by atoms with Crippen LogP contribution < -0.4 is 0 Å². The van der Waals surface area contributed by atoms with Gasteiger partial charge in [-0.25, -0.2) is 0 Å². The molecule has 0 amide bonds. The molecule has 4 fully saturated rings. The average Bonchev–Trinajstić information content (AvgIpc) is 3.34. The molecule has 0 saturated heterocycles. The summed E-state index contributed by atoms with van der Waals surface area (Å²) < 4.78 is 27.0. The van der Waals surface area contributed by atoms with Gasteiger partial charge in [-0.15, -0.1) is 0 Å². The van der Waals surface area contributed by atoms with Gasteiger partial charge in [-0.1, -0.05) is 41.5 Å². The Balaban J connectivity index is 1.74. The summed E-state index contributed by atoms with van der Waals surface area (Å²) in [6.45, 7) is 29.3. The smallest absolute Gasteiger partial charge is 0.305 e. The van der Waals surface area contributed by atoms with E-state index in [-0.39, 0.29) is 17.5 Å². The van der Waals surface area contributed by atoms with Crippen LogP contribution in [-0.4, -0.2) is 56.3 Å². The van der Waals surface area contributed by atoms with E-state index in [4.69, 9.17) is 18.0 Å². The summed E-state index contributed by atoms with van der Waals surface area (Å²) in [5.74, 6) is 3.45. The number of ether oxygens (including phenoxy) is 1. The lowest BCUT2D eigenvalue weighted by atomic mass is 9.43. The average molecular weight is 681 g/mol. The van der Waals surface area contributed by atoms with Crippen molar-refractivity contribution in [1.29, 1.82) is 0 Å². The minimum atomic E-state index is -1.82. The summed E-state index contributed by atoms with van der Waals surface area (Å²) in [6, 6.07) is 3.51. The maximum Gasteiger partial charge on any atom is 0.305 e. The number of rotatable bonds is 13. The van der Waals surface area contributed by atoms with E-state index in [2.05, 4.69) is 80.8 Å². The number of carbonyl (C=O) groups excluding carboxylic acids is 1. The molecular formula is C37H72O5Si3. The summed E-state index contributed by atoms with van der Waals surface area (Å²) in [5, 5.41) is 0. The van der Waals surface area contributed by atoms with Gasteiger partial charge in [-0.2, -0.15) is 0 Å². The Morgan fingerprint density at radius 1 is 0.800 bits per heavy atom. The predicted octanol–water partition coefficient (Wildman–Crippen LogP) is 10.3. The molecule has 0 aromatic carbocycles. The minimum absolute atomic E-state index is 0.0754. The third-order valence-corrected chi connectivity index (χ3v) is 22.4. The van der Waals surface area contributed by atoms with Crippen LogP contribution in [-0.2, 0) is 22.8 Å². The zero-order chi connectivity index (χ0) is 33.6. The highest BCUT2D eigenvalue weighted by Gasteiger charge is 2.67. The van der Waals surface area contributed by atoms with E-state index in [9.17, 15) is 4.79 Å². The molecule has 5 nitrogen and oxygen atoms in total. The number of methoxy groups -OCH3 is 1. The number of hydrogen-bond donors (Lipinski definition) is 0. The molecule has 0 radical (unpaired) electrons. The van der Waals surface area contributed by atoms with E-state index in [1.165, 1.54) is 64.1 Å². The fraction of sp³-hybridized carbons (Fsp3) is 0.973. The van der Waals surface area contributed by atoms with Gasteiger partial charge in [0.15, 0.2) is 25.0 Å². The molecule has 0 aromatic rings. The van der Waals surface area contributed by atoms with Crippen LogP contribution in [0.25, 0.3) is 0 Å². The monoisotopic (exact) mass is 680 g/mol. The van der Waals surface area contributed by atoms with Crippen LogP contribution in [0.15, 0.2) is 0 Å². The summed E-state index contributed by atoms with van der Waals surface area (Å²) >= 11 is 0. The lowest BCUT2D eigenvalue weighted by molar-refractivity contribution is -0.199. The maximum absolute atomic E-state index is 12.2. The molecule has 11 atom stereocenters. The van der Waals surface area contributed by atoms with Crippen LogP contribution >= 0.6 is 0 Å². The van der Waals surface area contributed by atoms with Crippen molar-refractivity contribution < 1.29 is 22.8 Å². The first-order valence-electron chi connectivity index (χ1n) is 19.0. The van der Waals surface area contributed by atoms with Crippen LogP contribution in [0.1, 0.15) is 99.3 Å². The largest absolute Gasteiger partial charge is 0.469 e. The molecule has 0 spiro atoms. The molecule has 4 aliphatic carbocycles. The number of carbonyl (C=O) groups is 1. The summed E-state index contributed by atoms with van der Waals surface area (Å²) in [7, 11) is -3.69. The molecule has 0 aliphatic heterocycles. The predicted molar refractivity (Wildman–Crippen MR) is 195 cm³/mol. The fourth-order valence-corrected chi connectivity index (χ4v) is 14.4. The van der Waals surface area contributed by atoms with Crippen molar-refractivity contribution in [2.75, 3.05) is 7.11 Å². The second kappa shape index (κ2) is 14.1. The lowest BCUT2D eigenvalue weighted by Gasteiger charge is -2.66. The SMILES string of the molecule is CC[Si](C)(C)O[C@@H]1CC[C@@]2(C)[C@@H](C1)C[C@H](O[Si](C)(C)CC)[C@@H]1[C@@H]2C[C@@H](O[Si](C)(C)CC)[C@]2(C)[C@@H]([C@H](C)CCC(=O)OC)CC[C@@H]12. The van der Waals surface area contributed by atoms with E-state index in [0.717, 1.165) is 12.5 Å².